The summed E-state index contributed by atoms with van der Waals surface area (Å²) in [4.78, 5) is 37.0. The molecule has 4 rings (SSSR count). The molecule has 0 unspecified atom stereocenters. The number of hydrogen-bond donors (Lipinski definition) is 1. The predicted molar refractivity (Wildman–Crippen MR) is 84.5 cm³/mol. The number of benzene rings is 1. The zero-order valence-electron chi connectivity index (χ0n) is 13.7. The summed E-state index contributed by atoms with van der Waals surface area (Å²) in [7, 11) is 0. The summed E-state index contributed by atoms with van der Waals surface area (Å²) in [5.41, 5.74) is 0.497. The second-order valence-corrected chi connectivity index (χ2v) is 6.55. The topological polar surface area (TPSA) is 90.9 Å². The first kappa shape index (κ1) is 16.1. The van der Waals surface area contributed by atoms with E-state index in [4.69, 9.17) is 14.2 Å². The molecular formula is C18H19NO6. The third kappa shape index (κ3) is 2.50. The van der Waals surface area contributed by atoms with Crippen molar-refractivity contribution in [3.8, 4) is 0 Å². The lowest BCUT2D eigenvalue weighted by Crippen LogP contribution is -2.54. The van der Waals surface area contributed by atoms with Crippen LogP contribution in [0.4, 0.5) is 0 Å². The van der Waals surface area contributed by atoms with Gasteiger partial charge in [0.05, 0.1) is 18.8 Å². The van der Waals surface area contributed by atoms with Gasteiger partial charge in [-0.15, -0.1) is 0 Å². The maximum absolute atomic E-state index is 12.5. The summed E-state index contributed by atoms with van der Waals surface area (Å²) >= 11 is 0. The second-order valence-electron chi connectivity index (χ2n) is 6.55. The minimum atomic E-state index is -0.733. The van der Waals surface area contributed by atoms with Crippen molar-refractivity contribution in [1.29, 1.82) is 0 Å². The van der Waals surface area contributed by atoms with Crippen LogP contribution in [0.2, 0.25) is 0 Å². The first-order valence-electron chi connectivity index (χ1n) is 8.50. The molecule has 3 aliphatic rings. The molecule has 0 radical (unpaired) electrons. The van der Waals surface area contributed by atoms with Gasteiger partial charge in [0.1, 0.15) is 17.9 Å². The molecule has 0 spiro atoms. The van der Waals surface area contributed by atoms with E-state index in [0.29, 0.717) is 18.6 Å². The summed E-state index contributed by atoms with van der Waals surface area (Å²) in [6.45, 7) is 2.19. The number of hydrogen-bond acceptors (Lipinski definition) is 6. The SMILES string of the molecule is CCCOC(=O)[C@H]1[C@H]2O[C@@H]3[C@@H](OC(=O)[C@@H]31)[C@@H]2NC(=O)c1ccccc1. The molecule has 7 nitrogen and oxygen atoms in total. The molecule has 1 aromatic rings. The van der Waals surface area contributed by atoms with Gasteiger partial charge >= 0.3 is 11.9 Å². The number of ether oxygens (including phenoxy) is 3. The molecule has 0 aliphatic carbocycles. The van der Waals surface area contributed by atoms with Crippen molar-refractivity contribution in [1.82, 2.24) is 5.32 Å². The minimum absolute atomic E-state index is 0.290. The average Bonchev–Trinajstić information content (AvgIpc) is 3.24. The van der Waals surface area contributed by atoms with E-state index in [1.165, 1.54) is 0 Å². The van der Waals surface area contributed by atoms with E-state index in [2.05, 4.69) is 5.32 Å². The van der Waals surface area contributed by atoms with Crippen LogP contribution in [-0.2, 0) is 23.8 Å². The molecule has 0 saturated carbocycles. The van der Waals surface area contributed by atoms with Crippen molar-refractivity contribution in [2.45, 2.75) is 37.7 Å². The summed E-state index contributed by atoms with van der Waals surface area (Å²) in [5, 5.41) is 2.87. The van der Waals surface area contributed by atoms with Crippen LogP contribution in [0, 0.1) is 11.8 Å². The summed E-state index contributed by atoms with van der Waals surface area (Å²) in [5.74, 6) is -2.57. The number of nitrogens with one attached hydrogen (secondary N) is 1. The van der Waals surface area contributed by atoms with Crippen LogP contribution in [0.15, 0.2) is 30.3 Å². The zero-order chi connectivity index (χ0) is 17.6. The van der Waals surface area contributed by atoms with Crippen LogP contribution >= 0.6 is 0 Å². The van der Waals surface area contributed by atoms with E-state index in [9.17, 15) is 14.4 Å². The van der Waals surface area contributed by atoms with Crippen molar-refractivity contribution >= 4 is 17.8 Å². The smallest absolute Gasteiger partial charge is 0.313 e. The van der Waals surface area contributed by atoms with E-state index in [-0.39, 0.29) is 5.91 Å². The van der Waals surface area contributed by atoms with Gasteiger partial charge in [0.25, 0.3) is 5.91 Å². The van der Waals surface area contributed by atoms with Gasteiger partial charge in [-0.2, -0.15) is 0 Å². The highest BCUT2D eigenvalue weighted by atomic mass is 16.6. The lowest BCUT2D eigenvalue weighted by atomic mass is 9.77. The molecule has 25 heavy (non-hydrogen) atoms. The van der Waals surface area contributed by atoms with Crippen molar-refractivity contribution in [2.75, 3.05) is 6.61 Å². The summed E-state index contributed by atoms with van der Waals surface area (Å²) < 4.78 is 16.4. The van der Waals surface area contributed by atoms with Crippen LogP contribution in [0.1, 0.15) is 23.7 Å². The highest BCUT2D eigenvalue weighted by molar-refractivity contribution is 5.95. The van der Waals surface area contributed by atoms with Crippen LogP contribution in [0.3, 0.4) is 0 Å². The number of rotatable bonds is 5. The summed E-state index contributed by atoms with van der Waals surface area (Å²) in [6, 6.07) is 8.19. The number of carbonyl (C=O) groups is 3. The third-order valence-corrected chi connectivity index (χ3v) is 5.02. The molecule has 0 aromatic heterocycles. The molecule has 3 heterocycles. The van der Waals surface area contributed by atoms with Gasteiger partial charge in [0, 0.05) is 5.56 Å². The largest absolute Gasteiger partial charge is 0.465 e. The molecule has 1 N–H and O–H groups in total. The van der Waals surface area contributed by atoms with Gasteiger partial charge in [-0.05, 0) is 18.6 Å². The standard InChI is InChI=1S/C18H19NO6/c1-2-8-23-17(21)10-11-14-15(25-18(11)22)12(13(10)24-14)19-16(20)9-6-4-3-5-7-9/h3-7,10-15H,2,8H2,1H3,(H,19,20)/t10-,11-,12-,13-,14+,15+/m1/s1. The van der Waals surface area contributed by atoms with Crippen LogP contribution in [0.5, 0.6) is 0 Å². The first-order valence-corrected chi connectivity index (χ1v) is 8.50. The minimum Gasteiger partial charge on any atom is -0.465 e. The highest BCUT2D eigenvalue weighted by Gasteiger charge is 2.70. The first-order chi connectivity index (χ1) is 12.1. The Kier molecular flexibility index (Phi) is 3.95. The normalized spacial score (nSPS) is 34.7. The van der Waals surface area contributed by atoms with Gasteiger partial charge in [0.2, 0.25) is 0 Å². The van der Waals surface area contributed by atoms with Gasteiger partial charge in [-0.3, -0.25) is 14.4 Å². The Morgan fingerprint density at radius 3 is 2.64 bits per heavy atom. The molecule has 7 heteroatoms. The van der Waals surface area contributed by atoms with E-state index < -0.39 is 48.1 Å². The van der Waals surface area contributed by atoms with Crippen LogP contribution < -0.4 is 5.32 Å². The van der Waals surface area contributed by atoms with E-state index in [0.717, 1.165) is 0 Å². The Morgan fingerprint density at radius 1 is 1.16 bits per heavy atom. The molecule has 3 fully saturated rings. The second kappa shape index (κ2) is 6.15. The number of carbonyl (C=O) groups excluding carboxylic acids is 3. The van der Waals surface area contributed by atoms with E-state index in [1.807, 2.05) is 13.0 Å². The fraction of sp³-hybridized carbons (Fsp3) is 0.500. The Labute approximate surface area is 144 Å². The Morgan fingerprint density at radius 2 is 1.92 bits per heavy atom. The predicted octanol–water partition coefficient (Wildman–Crippen LogP) is 0.677. The summed E-state index contributed by atoms with van der Waals surface area (Å²) in [6.07, 6.45) is -0.967. The lowest BCUT2D eigenvalue weighted by molar-refractivity contribution is -0.155. The quantitative estimate of drug-likeness (QED) is 0.789. The molecule has 132 valence electrons. The lowest BCUT2D eigenvalue weighted by Gasteiger charge is -2.28. The van der Waals surface area contributed by atoms with Crippen molar-refractivity contribution in [3.05, 3.63) is 35.9 Å². The third-order valence-electron chi connectivity index (χ3n) is 5.02. The molecular weight excluding hydrogens is 326 g/mol. The molecule has 3 aliphatic heterocycles. The monoisotopic (exact) mass is 345 g/mol. The van der Waals surface area contributed by atoms with Crippen LogP contribution in [0.25, 0.3) is 0 Å². The highest BCUT2D eigenvalue weighted by Crippen LogP contribution is 2.50. The molecule has 3 saturated heterocycles. The van der Waals surface area contributed by atoms with Gasteiger partial charge in [-0.1, -0.05) is 25.1 Å². The molecule has 1 aromatic carbocycles. The fourth-order valence-electron chi connectivity index (χ4n) is 3.94. The van der Waals surface area contributed by atoms with Gasteiger partial charge in [0.15, 0.2) is 6.10 Å². The zero-order valence-corrected chi connectivity index (χ0v) is 13.7. The van der Waals surface area contributed by atoms with Crippen molar-refractivity contribution < 1.29 is 28.6 Å². The van der Waals surface area contributed by atoms with Gasteiger partial charge in [-0.25, -0.2) is 0 Å². The molecule has 2 bridgehead atoms. The van der Waals surface area contributed by atoms with E-state index in [1.54, 1.807) is 24.3 Å². The van der Waals surface area contributed by atoms with E-state index >= 15 is 0 Å². The Balaban J connectivity index is 1.55. The average molecular weight is 345 g/mol. The fourth-order valence-corrected chi connectivity index (χ4v) is 3.94. The Bertz CT molecular complexity index is 705. The molecule has 6 atom stereocenters. The van der Waals surface area contributed by atoms with Crippen molar-refractivity contribution in [3.63, 3.8) is 0 Å². The molecule has 1 amide bonds. The number of fused-ring (bicyclic) bond motifs is 1. The maximum Gasteiger partial charge on any atom is 0.313 e. The number of amides is 1. The Hall–Kier alpha value is -2.41. The van der Waals surface area contributed by atoms with Crippen LogP contribution in [-0.4, -0.2) is 48.8 Å². The number of esters is 2. The maximum atomic E-state index is 12.5. The van der Waals surface area contributed by atoms with Gasteiger partial charge < -0.3 is 19.5 Å². The van der Waals surface area contributed by atoms with Crippen molar-refractivity contribution in [2.24, 2.45) is 11.8 Å².